The zero-order valence-corrected chi connectivity index (χ0v) is 6.03. The van der Waals surface area contributed by atoms with Crippen LogP contribution in [0.5, 0.6) is 0 Å². The third-order valence-corrected chi connectivity index (χ3v) is 1.58. The van der Waals surface area contributed by atoms with Gasteiger partial charge < -0.3 is 4.74 Å². The molecule has 0 N–H and O–H groups in total. The maximum atomic E-state index is 5.27. The number of allylic oxidation sites excluding steroid dienone is 7. The first-order valence-corrected chi connectivity index (χ1v) is 3.56. The second-order valence-corrected chi connectivity index (χ2v) is 2.34. The molecule has 0 fully saturated rings. The molecule has 1 heterocycles. The highest BCUT2D eigenvalue weighted by molar-refractivity contribution is 5.45. The van der Waals surface area contributed by atoms with Crippen molar-refractivity contribution in [3.8, 4) is 0 Å². The van der Waals surface area contributed by atoms with Crippen molar-refractivity contribution in [2.75, 3.05) is 0 Å². The summed E-state index contributed by atoms with van der Waals surface area (Å²) in [5.41, 5.74) is 1.12. The molecule has 1 nitrogen and oxygen atoms in total. The fraction of sp³-hybridized carbons (Fsp3) is 0. The molecule has 0 saturated carbocycles. The quantitative estimate of drug-likeness (QED) is 0.507. The molecular formula is C10H8O. The minimum Gasteiger partial charge on any atom is -0.464 e. The zero-order valence-electron chi connectivity index (χ0n) is 6.03. The maximum absolute atomic E-state index is 5.27. The van der Waals surface area contributed by atoms with Crippen LogP contribution >= 0.6 is 0 Å². The van der Waals surface area contributed by atoms with E-state index in [1.54, 1.807) is 6.26 Å². The molecule has 0 amide bonds. The second kappa shape index (κ2) is 2.62. The Morgan fingerprint density at radius 3 is 2.91 bits per heavy atom. The van der Waals surface area contributed by atoms with E-state index in [9.17, 15) is 0 Å². The molecule has 0 atom stereocenters. The molecule has 1 heteroatoms. The predicted octanol–water partition coefficient (Wildman–Crippen LogP) is 2.47. The molecule has 1 aliphatic heterocycles. The van der Waals surface area contributed by atoms with Gasteiger partial charge in [-0.2, -0.15) is 0 Å². The Hall–Kier alpha value is -1.50. The maximum Gasteiger partial charge on any atom is 0.133 e. The van der Waals surface area contributed by atoms with E-state index in [2.05, 4.69) is 0 Å². The largest absolute Gasteiger partial charge is 0.464 e. The predicted molar refractivity (Wildman–Crippen MR) is 44.7 cm³/mol. The molecule has 11 heavy (non-hydrogen) atoms. The summed E-state index contributed by atoms with van der Waals surface area (Å²) in [6.07, 6.45) is 15.5. The van der Waals surface area contributed by atoms with Crippen molar-refractivity contribution in [3.63, 3.8) is 0 Å². The first-order valence-electron chi connectivity index (χ1n) is 3.56. The van der Waals surface area contributed by atoms with Gasteiger partial charge in [0.25, 0.3) is 0 Å². The molecular weight excluding hydrogens is 136 g/mol. The smallest absolute Gasteiger partial charge is 0.133 e. The van der Waals surface area contributed by atoms with Gasteiger partial charge in [-0.3, -0.25) is 0 Å². The number of hydrogen-bond acceptors (Lipinski definition) is 1. The molecule has 0 spiro atoms. The normalized spacial score (nSPS) is 19.6. The van der Waals surface area contributed by atoms with E-state index in [-0.39, 0.29) is 0 Å². The number of rotatable bonds is 0. The Bertz CT molecular complexity index is 301. The fourth-order valence-corrected chi connectivity index (χ4v) is 1.05. The highest BCUT2D eigenvalue weighted by Gasteiger charge is 2.04. The van der Waals surface area contributed by atoms with E-state index in [0.717, 1.165) is 11.3 Å². The fourth-order valence-electron chi connectivity index (χ4n) is 1.05. The van der Waals surface area contributed by atoms with Crippen LogP contribution in [0.4, 0.5) is 0 Å². The summed E-state index contributed by atoms with van der Waals surface area (Å²) in [6, 6.07) is 0. The van der Waals surface area contributed by atoms with Gasteiger partial charge >= 0.3 is 0 Å². The van der Waals surface area contributed by atoms with Crippen molar-refractivity contribution in [3.05, 3.63) is 60.1 Å². The summed E-state index contributed by atoms with van der Waals surface area (Å²) >= 11 is 0. The summed E-state index contributed by atoms with van der Waals surface area (Å²) in [7, 11) is 0. The summed E-state index contributed by atoms with van der Waals surface area (Å²) in [6.45, 7) is 0. The second-order valence-electron chi connectivity index (χ2n) is 2.34. The first kappa shape index (κ1) is 6.23. The van der Waals surface area contributed by atoms with Crippen molar-refractivity contribution >= 4 is 0 Å². The van der Waals surface area contributed by atoms with E-state index in [0.29, 0.717) is 0 Å². The molecule has 0 bridgehead atoms. The van der Waals surface area contributed by atoms with Gasteiger partial charge in [-0.05, 0) is 18.2 Å². The highest BCUT2D eigenvalue weighted by atomic mass is 16.5. The van der Waals surface area contributed by atoms with Gasteiger partial charge in [-0.15, -0.1) is 0 Å². The number of ether oxygens (including phenoxy) is 1. The molecule has 2 rings (SSSR count). The molecule has 0 aromatic carbocycles. The van der Waals surface area contributed by atoms with Crippen LogP contribution in [0, 0.1) is 0 Å². The van der Waals surface area contributed by atoms with E-state index in [1.807, 2.05) is 42.5 Å². The standard InChI is InChI=1S/C10H8O/c1-2-5-9-6-4-8-11-10(9)7-3-1/h1-8H. The Morgan fingerprint density at radius 1 is 0.909 bits per heavy atom. The number of hydrogen-bond donors (Lipinski definition) is 0. The Balaban J connectivity index is 2.44. The topological polar surface area (TPSA) is 9.23 Å². The van der Waals surface area contributed by atoms with Crippen molar-refractivity contribution in [2.24, 2.45) is 0 Å². The lowest BCUT2D eigenvalue weighted by atomic mass is 10.2. The Labute approximate surface area is 65.7 Å². The Morgan fingerprint density at radius 2 is 1.91 bits per heavy atom. The lowest BCUT2D eigenvalue weighted by molar-refractivity contribution is 0.359. The highest BCUT2D eigenvalue weighted by Crippen LogP contribution is 2.19. The van der Waals surface area contributed by atoms with Gasteiger partial charge in [0.2, 0.25) is 0 Å². The molecule has 1 aliphatic carbocycles. The molecule has 0 aromatic rings. The molecule has 0 saturated heterocycles. The van der Waals surface area contributed by atoms with Crippen LogP contribution in [0.15, 0.2) is 60.1 Å². The molecule has 0 unspecified atom stereocenters. The number of fused-ring (bicyclic) bond motifs is 1. The molecule has 0 radical (unpaired) electrons. The van der Waals surface area contributed by atoms with Crippen LogP contribution in [-0.4, -0.2) is 0 Å². The van der Waals surface area contributed by atoms with Crippen LogP contribution in [-0.2, 0) is 4.74 Å². The summed E-state index contributed by atoms with van der Waals surface area (Å²) in [5.74, 6) is 0.914. The third kappa shape index (κ3) is 1.17. The molecule has 0 aromatic heterocycles. The first-order chi connectivity index (χ1) is 5.47. The van der Waals surface area contributed by atoms with Gasteiger partial charge in [-0.25, -0.2) is 0 Å². The minimum atomic E-state index is 0.914. The van der Waals surface area contributed by atoms with Crippen LogP contribution in [0.2, 0.25) is 0 Å². The van der Waals surface area contributed by atoms with Crippen LogP contribution in [0.1, 0.15) is 0 Å². The Kier molecular flexibility index (Phi) is 1.48. The van der Waals surface area contributed by atoms with Crippen LogP contribution in [0.3, 0.4) is 0 Å². The lowest BCUT2D eigenvalue weighted by Gasteiger charge is -2.08. The SMILES string of the molecule is C1=CC=C2OC=CC=C2C=C1. The van der Waals surface area contributed by atoms with Gasteiger partial charge in [-0.1, -0.05) is 24.3 Å². The van der Waals surface area contributed by atoms with Crippen molar-refractivity contribution < 1.29 is 4.74 Å². The zero-order chi connectivity index (χ0) is 7.52. The van der Waals surface area contributed by atoms with Gasteiger partial charge in [0.05, 0.1) is 6.26 Å². The average Bonchev–Trinajstić information content (AvgIpc) is 2.28. The monoisotopic (exact) mass is 144 g/mol. The van der Waals surface area contributed by atoms with E-state index in [1.165, 1.54) is 0 Å². The van der Waals surface area contributed by atoms with E-state index >= 15 is 0 Å². The third-order valence-electron chi connectivity index (χ3n) is 1.58. The summed E-state index contributed by atoms with van der Waals surface area (Å²) in [5, 5.41) is 0. The summed E-state index contributed by atoms with van der Waals surface area (Å²) in [4.78, 5) is 0. The summed E-state index contributed by atoms with van der Waals surface area (Å²) < 4.78 is 5.27. The van der Waals surface area contributed by atoms with Gasteiger partial charge in [0.15, 0.2) is 0 Å². The molecule has 54 valence electrons. The lowest BCUT2D eigenvalue weighted by Crippen LogP contribution is -1.91. The average molecular weight is 144 g/mol. The van der Waals surface area contributed by atoms with Crippen LogP contribution < -0.4 is 0 Å². The minimum absolute atomic E-state index is 0.914. The van der Waals surface area contributed by atoms with Crippen molar-refractivity contribution in [1.82, 2.24) is 0 Å². The van der Waals surface area contributed by atoms with Gasteiger partial charge in [0, 0.05) is 5.57 Å². The van der Waals surface area contributed by atoms with Crippen LogP contribution in [0.25, 0.3) is 0 Å². The van der Waals surface area contributed by atoms with E-state index < -0.39 is 0 Å². The van der Waals surface area contributed by atoms with Crippen molar-refractivity contribution in [2.45, 2.75) is 0 Å². The van der Waals surface area contributed by atoms with E-state index in [4.69, 9.17) is 4.74 Å². The van der Waals surface area contributed by atoms with Crippen molar-refractivity contribution in [1.29, 1.82) is 0 Å². The molecule has 2 aliphatic rings. The van der Waals surface area contributed by atoms with Gasteiger partial charge in [0.1, 0.15) is 5.76 Å².